The fraction of sp³-hybridized carbons (Fsp3) is 0.435. The molecule has 5 rings (SSSR count). The number of nitrogens with zero attached hydrogens (tertiary/aromatic N) is 1. The summed E-state index contributed by atoms with van der Waals surface area (Å²) in [5, 5.41) is 3.63. The van der Waals surface area contributed by atoms with Gasteiger partial charge in [0, 0.05) is 37.8 Å². The zero-order valence-electron chi connectivity index (χ0n) is 16.4. The molecule has 154 valence electrons. The van der Waals surface area contributed by atoms with Gasteiger partial charge in [-0.3, -0.25) is 4.79 Å². The lowest BCUT2D eigenvalue weighted by atomic mass is 9.78. The zero-order chi connectivity index (χ0) is 20.6. The van der Waals surface area contributed by atoms with Crippen molar-refractivity contribution in [1.29, 1.82) is 0 Å². The molecular formula is C23H25F3N2O. The molecule has 1 fully saturated rings. The van der Waals surface area contributed by atoms with Crippen LogP contribution in [-0.4, -0.2) is 38.6 Å². The quantitative estimate of drug-likeness (QED) is 0.714. The standard InChI is InChI=1S/C21H24N2.C2HF3O/c1-14-5-2-3-7-18(14)16-9-15-6-4-8-23-13-17-11-22-12-20(17)19(10-16)21(15)23;3-2(4,5)1-6/h2-3,5,7,9-10,17,20,22H,4,6,8,11-13H2,1H3;1H/t17-,20-;/m1./s1. The van der Waals surface area contributed by atoms with Gasteiger partial charge in [-0.2, -0.15) is 13.2 Å². The summed E-state index contributed by atoms with van der Waals surface area (Å²) in [6.45, 7) is 7.06. The van der Waals surface area contributed by atoms with Crippen LogP contribution >= 0.6 is 0 Å². The molecule has 0 bridgehead atoms. The molecule has 0 amide bonds. The highest BCUT2D eigenvalue weighted by atomic mass is 19.4. The molecule has 3 aliphatic heterocycles. The molecule has 2 atom stereocenters. The van der Waals surface area contributed by atoms with Gasteiger partial charge in [-0.25, -0.2) is 0 Å². The van der Waals surface area contributed by atoms with Crippen LogP contribution in [0, 0.1) is 12.8 Å². The van der Waals surface area contributed by atoms with E-state index in [-0.39, 0.29) is 0 Å². The monoisotopic (exact) mass is 402 g/mol. The number of alkyl halides is 3. The Kier molecular flexibility index (Phi) is 5.38. The van der Waals surface area contributed by atoms with E-state index in [2.05, 4.69) is 53.5 Å². The highest BCUT2D eigenvalue weighted by Crippen LogP contribution is 2.46. The number of aryl methyl sites for hydroxylation is 2. The lowest BCUT2D eigenvalue weighted by Crippen LogP contribution is -2.40. The van der Waals surface area contributed by atoms with Gasteiger partial charge in [0.05, 0.1) is 0 Å². The highest BCUT2D eigenvalue weighted by Gasteiger charge is 2.38. The number of hydrogen-bond acceptors (Lipinski definition) is 3. The summed E-state index contributed by atoms with van der Waals surface area (Å²) in [5.41, 5.74) is 8.98. The van der Waals surface area contributed by atoms with E-state index in [1.165, 1.54) is 49.2 Å². The lowest BCUT2D eigenvalue weighted by Gasteiger charge is -2.42. The summed E-state index contributed by atoms with van der Waals surface area (Å²) < 4.78 is 31.2. The van der Waals surface area contributed by atoms with Crippen molar-refractivity contribution in [2.24, 2.45) is 5.92 Å². The molecule has 0 unspecified atom stereocenters. The van der Waals surface area contributed by atoms with E-state index in [9.17, 15) is 13.2 Å². The molecule has 0 aromatic heterocycles. The second-order valence-corrected chi connectivity index (χ2v) is 8.12. The van der Waals surface area contributed by atoms with Crippen LogP contribution in [0.1, 0.15) is 29.0 Å². The molecule has 0 aliphatic carbocycles. The topological polar surface area (TPSA) is 32.3 Å². The smallest absolute Gasteiger partial charge is 0.371 e. The fourth-order valence-electron chi connectivity index (χ4n) is 4.96. The number of anilines is 1. The Morgan fingerprint density at radius 1 is 1.17 bits per heavy atom. The Morgan fingerprint density at radius 3 is 2.66 bits per heavy atom. The van der Waals surface area contributed by atoms with Crippen LogP contribution in [0.4, 0.5) is 18.9 Å². The van der Waals surface area contributed by atoms with E-state index in [1.54, 1.807) is 16.8 Å². The molecule has 6 heteroatoms. The summed E-state index contributed by atoms with van der Waals surface area (Å²) in [5.74, 6) is 1.50. The van der Waals surface area contributed by atoms with Gasteiger partial charge < -0.3 is 10.2 Å². The van der Waals surface area contributed by atoms with Gasteiger partial charge >= 0.3 is 6.18 Å². The number of carbonyl (C=O) groups excluding carboxylic acids is 1. The van der Waals surface area contributed by atoms with Crippen molar-refractivity contribution in [2.45, 2.75) is 31.9 Å². The first-order valence-electron chi connectivity index (χ1n) is 10.1. The summed E-state index contributed by atoms with van der Waals surface area (Å²) in [4.78, 5) is 11.4. The normalized spacial score (nSPS) is 22.3. The number of carbonyl (C=O) groups is 1. The maximum absolute atomic E-state index is 10.4. The predicted molar refractivity (Wildman–Crippen MR) is 108 cm³/mol. The maximum atomic E-state index is 10.4. The van der Waals surface area contributed by atoms with E-state index in [1.807, 2.05) is 0 Å². The van der Waals surface area contributed by atoms with Gasteiger partial charge in [-0.05, 0) is 65.6 Å². The first-order valence-corrected chi connectivity index (χ1v) is 10.1. The van der Waals surface area contributed by atoms with Crippen LogP contribution < -0.4 is 10.2 Å². The number of hydrogen-bond donors (Lipinski definition) is 1. The second-order valence-electron chi connectivity index (χ2n) is 8.12. The number of aldehydes is 1. The van der Waals surface area contributed by atoms with Crippen molar-refractivity contribution in [2.75, 3.05) is 31.1 Å². The number of rotatable bonds is 1. The van der Waals surface area contributed by atoms with Gasteiger partial charge in [0.25, 0.3) is 0 Å². The van der Waals surface area contributed by atoms with Gasteiger partial charge in [0.2, 0.25) is 6.29 Å². The third-order valence-electron chi connectivity index (χ3n) is 6.19. The van der Waals surface area contributed by atoms with Gasteiger partial charge in [0.1, 0.15) is 0 Å². The largest absolute Gasteiger partial charge is 0.446 e. The van der Waals surface area contributed by atoms with Gasteiger partial charge in [0.15, 0.2) is 0 Å². The van der Waals surface area contributed by atoms with Crippen molar-refractivity contribution >= 4 is 12.0 Å². The van der Waals surface area contributed by atoms with Crippen LogP contribution in [-0.2, 0) is 11.2 Å². The van der Waals surface area contributed by atoms with E-state index >= 15 is 0 Å². The predicted octanol–water partition coefficient (Wildman–Crippen LogP) is 4.48. The number of nitrogens with one attached hydrogen (secondary N) is 1. The first-order chi connectivity index (χ1) is 13.9. The molecule has 0 saturated carbocycles. The second kappa shape index (κ2) is 7.82. The molecule has 3 aliphatic rings. The minimum absolute atomic E-state index is 0.710. The van der Waals surface area contributed by atoms with Gasteiger partial charge in [-0.15, -0.1) is 0 Å². The van der Waals surface area contributed by atoms with E-state index in [4.69, 9.17) is 4.79 Å². The van der Waals surface area contributed by atoms with Crippen molar-refractivity contribution in [1.82, 2.24) is 5.32 Å². The minimum atomic E-state index is -4.64. The highest BCUT2D eigenvalue weighted by molar-refractivity contribution is 5.76. The van der Waals surface area contributed by atoms with Crippen LogP contribution in [0.5, 0.6) is 0 Å². The zero-order valence-corrected chi connectivity index (χ0v) is 16.4. The van der Waals surface area contributed by atoms with E-state index < -0.39 is 12.5 Å². The number of benzene rings is 2. The third-order valence-corrected chi connectivity index (χ3v) is 6.19. The average Bonchev–Trinajstić information content (AvgIpc) is 3.17. The molecule has 2 aromatic rings. The number of halogens is 3. The minimum Gasteiger partial charge on any atom is -0.371 e. The molecule has 0 radical (unpaired) electrons. The Labute approximate surface area is 168 Å². The van der Waals surface area contributed by atoms with Crippen LogP contribution in [0.3, 0.4) is 0 Å². The first kappa shape index (κ1) is 20.0. The Bertz CT molecular complexity index is 909. The van der Waals surface area contributed by atoms with Crippen LogP contribution in [0.15, 0.2) is 36.4 Å². The van der Waals surface area contributed by atoms with Gasteiger partial charge in [-0.1, -0.05) is 24.3 Å². The van der Waals surface area contributed by atoms with Crippen molar-refractivity contribution < 1.29 is 18.0 Å². The van der Waals surface area contributed by atoms with Crippen molar-refractivity contribution in [3.05, 3.63) is 53.1 Å². The molecule has 1 saturated heterocycles. The Morgan fingerprint density at radius 2 is 1.93 bits per heavy atom. The molecule has 0 spiro atoms. The molecular weight excluding hydrogens is 377 g/mol. The van der Waals surface area contributed by atoms with E-state index in [0.29, 0.717) is 5.92 Å². The summed E-state index contributed by atoms with van der Waals surface area (Å²) in [6.07, 6.45) is -3.16. The fourth-order valence-corrected chi connectivity index (χ4v) is 4.96. The molecule has 1 N–H and O–H groups in total. The molecule has 29 heavy (non-hydrogen) atoms. The summed E-state index contributed by atoms with van der Waals surface area (Å²) >= 11 is 0. The summed E-state index contributed by atoms with van der Waals surface area (Å²) in [6, 6.07) is 13.8. The van der Waals surface area contributed by atoms with E-state index in [0.717, 1.165) is 12.5 Å². The lowest BCUT2D eigenvalue weighted by molar-refractivity contribution is -0.156. The molecule has 3 heterocycles. The SMILES string of the molecule is Cc1ccccc1-c1cc2c3c(c1)[C@@H]1CNC[C@@H]1CN3CCC2.O=CC(F)(F)F. The Hall–Kier alpha value is -2.34. The average molecular weight is 402 g/mol. The third kappa shape index (κ3) is 4.04. The molecule has 3 nitrogen and oxygen atoms in total. The Balaban J connectivity index is 0.000000302. The van der Waals surface area contributed by atoms with Crippen molar-refractivity contribution in [3.8, 4) is 11.1 Å². The maximum Gasteiger partial charge on any atom is 0.446 e. The van der Waals surface area contributed by atoms with Crippen LogP contribution in [0.2, 0.25) is 0 Å². The summed E-state index contributed by atoms with van der Waals surface area (Å²) in [7, 11) is 0. The molecule has 2 aromatic carbocycles. The van der Waals surface area contributed by atoms with Crippen LogP contribution in [0.25, 0.3) is 11.1 Å². The van der Waals surface area contributed by atoms with Crippen molar-refractivity contribution in [3.63, 3.8) is 0 Å². The number of fused-ring (bicyclic) bond motifs is 2.